The van der Waals surface area contributed by atoms with E-state index < -0.39 is 0 Å². The summed E-state index contributed by atoms with van der Waals surface area (Å²) in [5, 5.41) is 0. The van der Waals surface area contributed by atoms with Crippen molar-refractivity contribution in [3.63, 3.8) is 0 Å². The smallest absolute Gasteiger partial charge is 0.344 e. The zero-order chi connectivity index (χ0) is 9.07. The summed E-state index contributed by atoms with van der Waals surface area (Å²) in [5.74, 6) is 0. The number of rotatable bonds is 9. The molecule has 14 heavy (non-hydrogen) atoms. The van der Waals surface area contributed by atoms with Gasteiger partial charge < -0.3 is 13.1 Å². The Bertz CT molecular complexity index is 66.7. The Labute approximate surface area is 113 Å². The van der Waals surface area contributed by atoms with Gasteiger partial charge in [-0.15, -0.1) is 0 Å². The van der Waals surface area contributed by atoms with Crippen molar-refractivity contribution in [3.05, 3.63) is 6.92 Å². The molecule has 0 rings (SSSR count). The summed E-state index contributed by atoms with van der Waals surface area (Å²) in [6.07, 6.45) is 13.9. The predicted molar refractivity (Wildman–Crippen MR) is 62.2 cm³/mol. The summed E-state index contributed by atoms with van der Waals surface area (Å²) in [5.41, 5.74) is 0. The number of hydrogen-bond acceptors (Lipinski definition) is 1. The van der Waals surface area contributed by atoms with Gasteiger partial charge in [0.1, 0.15) is 0 Å². The van der Waals surface area contributed by atoms with Crippen molar-refractivity contribution < 1.29 is 29.6 Å². The molecule has 2 heteroatoms. The zero-order valence-electron chi connectivity index (χ0n) is 10.5. The van der Waals surface area contributed by atoms with E-state index in [-0.39, 0.29) is 35.7 Å². The van der Waals surface area contributed by atoms with Gasteiger partial charge in [0.2, 0.25) is 0 Å². The molecule has 0 aliphatic rings. The van der Waals surface area contributed by atoms with Crippen molar-refractivity contribution in [3.8, 4) is 0 Å². The van der Waals surface area contributed by atoms with Gasteiger partial charge in [-0.3, -0.25) is 0 Å². The summed E-state index contributed by atoms with van der Waals surface area (Å²) >= 11 is 0. The van der Waals surface area contributed by atoms with Crippen molar-refractivity contribution >= 4 is 0 Å². The molecule has 0 aliphatic carbocycles. The minimum Gasteiger partial charge on any atom is -0.344 e. The van der Waals surface area contributed by atoms with Crippen LogP contribution >= 0.6 is 0 Å². The molecular weight excluding hydrogens is 181 g/mol. The van der Waals surface area contributed by atoms with Crippen molar-refractivity contribution in [1.29, 1.82) is 0 Å². The molecule has 0 saturated heterocycles. The van der Waals surface area contributed by atoms with Crippen LogP contribution in [-0.4, -0.2) is 0 Å². The Morgan fingerprint density at radius 2 is 1.07 bits per heavy atom. The van der Waals surface area contributed by atoms with Crippen molar-refractivity contribution in [2.75, 3.05) is 0 Å². The largest absolute Gasteiger partial charge is 1.00 e. The van der Waals surface area contributed by atoms with Gasteiger partial charge in [-0.25, -0.2) is 0 Å². The molecule has 0 unspecified atom stereocenters. The average molecular weight is 209 g/mol. The quantitative estimate of drug-likeness (QED) is 0.351. The van der Waals surface area contributed by atoms with Gasteiger partial charge in [-0.2, -0.15) is 6.42 Å². The normalized spacial score (nSPS) is 9.00. The molecular formula is C12H28NNa. The molecule has 0 aromatic heterocycles. The second kappa shape index (κ2) is 19.5. The van der Waals surface area contributed by atoms with Crippen LogP contribution in [0.25, 0.3) is 0 Å². The van der Waals surface area contributed by atoms with Crippen LogP contribution in [0.15, 0.2) is 0 Å². The first-order chi connectivity index (χ1) is 5.91. The van der Waals surface area contributed by atoms with E-state index in [1.54, 1.807) is 0 Å². The van der Waals surface area contributed by atoms with Crippen LogP contribution in [0, 0.1) is 6.92 Å². The Morgan fingerprint density at radius 1 is 0.714 bits per heavy atom. The minimum absolute atomic E-state index is 0. The monoisotopic (exact) mass is 209 g/mol. The molecule has 82 valence electrons. The standard InChI is InChI=1S/C12H25.H3N.Na/c1-3-5-7-9-11-12-10-8-6-4-2;;/h1,3-12H2,2H3;1H3;/q-1;;+1. The molecule has 0 heterocycles. The maximum atomic E-state index is 3.84. The van der Waals surface area contributed by atoms with Crippen molar-refractivity contribution in [2.45, 2.75) is 71.1 Å². The van der Waals surface area contributed by atoms with Crippen LogP contribution in [0.2, 0.25) is 0 Å². The van der Waals surface area contributed by atoms with Crippen LogP contribution in [0.5, 0.6) is 0 Å². The molecule has 0 aliphatic heterocycles. The number of unbranched alkanes of at least 4 members (excludes halogenated alkanes) is 9. The Morgan fingerprint density at radius 3 is 1.43 bits per heavy atom. The Hall–Kier alpha value is 0.960. The summed E-state index contributed by atoms with van der Waals surface area (Å²) in [6.45, 7) is 6.12. The van der Waals surface area contributed by atoms with E-state index >= 15 is 0 Å². The Kier molecular flexibility index (Phi) is 28.4. The second-order valence-electron chi connectivity index (χ2n) is 3.68. The molecule has 0 radical (unpaired) electrons. The van der Waals surface area contributed by atoms with Gasteiger partial charge >= 0.3 is 29.6 Å². The Balaban J connectivity index is -0.000000605. The fourth-order valence-electron chi connectivity index (χ4n) is 1.49. The third-order valence-electron chi connectivity index (χ3n) is 2.35. The molecule has 0 amide bonds. The molecule has 0 fully saturated rings. The third-order valence-corrected chi connectivity index (χ3v) is 2.35. The van der Waals surface area contributed by atoms with E-state index in [4.69, 9.17) is 0 Å². The minimum atomic E-state index is 0. The molecule has 0 spiro atoms. The van der Waals surface area contributed by atoms with Crippen molar-refractivity contribution in [1.82, 2.24) is 6.15 Å². The van der Waals surface area contributed by atoms with E-state index in [0.29, 0.717) is 0 Å². The second-order valence-corrected chi connectivity index (χ2v) is 3.68. The van der Waals surface area contributed by atoms with E-state index in [9.17, 15) is 0 Å². The first-order valence-electron chi connectivity index (χ1n) is 5.71. The summed E-state index contributed by atoms with van der Waals surface area (Å²) < 4.78 is 0. The van der Waals surface area contributed by atoms with E-state index in [1.807, 2.05) is 0 Å². The maximum absolute atomic E-state index is 3.84. The molecule has 1 nitrogen and oxygen atoms in total. The van der Waals surface area contributed by atoms with Crippen LogP contribution in [0.1, 0.15) is 71.1 Å². The SMILES string of the molecule is N.[CH2-]CCCCCCCCCCC.[Na+]. The van der Waals surface area contributed by atoms with Gasteiger partial charge in [0.25, 0.3) is 0 Å². The van der Waals surface area contributed by atoms with Crippen LogP contribution < -0.4 is 35.7 Å². The molecule has 0 saturated carbocycles. The van der Waals surface area contributed by atoms with Gasteiger partial charge in [-0.05, 0) is 0 Å². The molecule has 3 N–H and O–H groups in total. The number of hydrogen-bond donors (Lipinski definition) is 1. The summed E-state index contributed by atoms with van der Waals surface area (Å²) in [7, 11) is 0. The van der Waals surface area contributed by atoms with E-state index in [0.717, 1.165) is 6.42 Å². The summed E-state index contributed by atoms with van der Waals surface area (Å²) in [6, 6.07) is 0. The van der Waals surface area contributed by atoms with Gasteiger partial charge in [0.15, 0.2) is 0 Å². The summed E-state index contributed by atoms with van der Waals surface area (Å²) in [4.78, 5) is 0. The van der Waals surface area contributed by atoms with Crippen LogP contribution in [0.4, 0.5) is 0 Å². The topological polar surface area (TPSA) is 35.0 Å². The molecule has 0 aromatic rings. The fourth-order valence-corrected chi connectivity index (χ4v) is 1.49. The van der Waals surface area contributed by atoms with E-state index in [2.05, 4.69) is 13.8 Å². The third kappa shape index (κ3) is 18.7. The van der Waals surface area contributed by atoms with Crippen LogP contribution in [-0.2, 0) is 0 Å². The zero-order valence-corrected chi connectivity index (χ0v) is 12.5. The molecule has 0 bridgehead atoms. The predicted octanol–water partition coefficient (Wildman–Crippen LogP) is 1.91. The fraction of sp³-hybridized carbons (Fsp3) is 0.917. The van der Waals surface area contributed by atoms with Gasteiger partial charge in [-0.1, -0.05) is 64.7 Å². The van der Waals surface area contributed by atoms with Crippen LogP contribution in [0.3, 0.4) is 0 Å². The first kappa shape index (κ1) is 20.4. The average Bonchev–Trinajstić information content (AvgIpc) is 2.10. The van der Waals surface area contributed by atoms with Gasteiger partial charge in [0, 0.05) is 0 Å². The molecule has 0 atom stereocenters. The first-order valence-corrected chi connectivity index (χ1v) is 5.71. The van der Waals surface area contributed by atoms with Gasteiger partial charge in [0.05, 0.1) is 0 Å². The molecule has 0 aromatic carbocycles. The van der Waals surface area contributed by atoms with E-state index in [1.165, 1.54) is 57.8 Å². The van der Waals surface area contributed by atoms with Crippen molar-refractivity contribution in [2.24, 2.45) is 0 Å². The maximum Gasteiger partial charge on any atom is 1.00 e.